The maximum atomic E-state index is 7.40. The molecule has 2 aromatic rings. The number of nitrogens with two attached hydrogens (primary N) is 1. The van der Waals surface area contributed by atoms with Crippen LogP contribution in [0, 0.1) is 5.41 Å². The molecule has 21 heavy (non-hydrogen) atoms. The maximum absolute atomic E-state index is 7.40. The molecule has 110 valence electrons. The Morgan fingerprint density at radius 3 is 2.48 bits per heavy atom. The molecule has 0 amide bonds. The third-order valence-corrected chi connectivity index (χ3v) is 3.92. The van der Waals surface area contributed by atoms with Gasteiger partial charge < -0.3 is 5.73 Å². The fraction of sp³-hybridized carbons (Fsp3) is 0.235. The van der Waals surface area contributed by atoms with Crippen LogP contribution in [0.25, 0.3) is 0 Å². The van der Waals surface area contributed by atoms with Crippen LogP contribution in [-0.2, 0) is 6.54 Å². The van der Waals surface area contributed by atoms with E-state index >= 15 is 0 Å². The van der Waals surface area contributed by atoms with Gasteiger partial charge in [-0.2, -0.15) is 0 Å². The predicted octanol–water partition coefficient (Wildman–Crippen LogP) is 3.82. The average Bonchev–Trinajstić information content (AvgIpc) is 2.47. The van der Waals surface area contributed by atoms with Gasteiger partial charge in [0, 0.05) is 23.2 Å². The van der Waals surface area contributed by atoms with E-state index in [0.717, 1.165) is 17.1 Å². The highest BCUT2D eigenvalue weighted by molar-refractivity contribution is 6.30. The fourth-order valence-electron chi connectivity index (χ4n) is 2.24. The first-order valence-corrected chi connectivity index (χ1v) is 7.24. The van der Waals surface area contributed by atoms with Gasteiger partial charge in [0.25, 0.3) is 0 Å². The third-order valence-electron chi connectivity index (χ3n) is 3.69. The van der Waals surface area contributed by atoms with E-state index in [0.29, 0.717) is 0 Å². The van der Waals surface area contributed by atoms with Gasteiger partial charge in [-0.05, 0) is 37.2 Å². The van der Waals surface area contributed by atoms with Crippen molar-refractivity contribution in [2.45, 2.75) is 19.5 Å². The molecule has 0 heterocycles. The van der Waals surface area contributed by atoms with Gasteiger partial charge in [0.1, 0.15) is 5.84 Å². The zero-order valence-electron chi connectivity index (χ0n) is 12.3. The normalized spacial score (nSPS) is 12.4. The topological polar surface area (TPSA) is 53.1 Å². The summed E-state index contributed by atoms with van der Waals surface area (Å²) in [5.74, 6) is 0.0993. The lowest BCUT2D eigenvalue weighted by atomic mass is 10.1. The number of nitrogens with one attached hydrogen (secondary N) is 1. The first-order chi connectivity index (χ1) is 9.97. The summed E-state index contributed by atoms with van der Waals surface area (Å²) in [6.07, 6.45) is 0. The van der Waals surface area contributed by atoms with Crippen LogP contribution in [0.2, 0.25) is 5.02 Å². The number of amidine groups is 1. The second-order valence-corrected chi connectivity index (χ2v) is 5.69. The van der Waals surface area contributed by atoms with E-state index in [-0.39, 0.29) is 11.9 Å². The zero-order chi connectivity index (χ0) is 15.4. The van der Waals surface area contributed by atoms with Gasteiger partial charge >= 0.3 is 0 Å². The lowest BCUT2D eigenvalue weighted by molar-refractivity contribution is 0.253. The zero-order valence-corrected chi connectivity index (χ0v) is 13.1. The lowest BCUT2D eigenvalue weighted by Crippen LogP contribution is -2.22. The average molecular weight is 302 g/mol. The number of nitrogens with zero attached hydrogens (tertiary/aromatic N) is 1. The van der Waals surface area contributed by atoms with Crippen molar-refractivity contribution in [3.8, 4) is 0 Å². The molecule has 0 fully saturated rings. The van der Waals surface area contributed by atoms with Crippen LogP contribution in [0.1, 0.15) is 29.7 Å². The Labute approximate surface area is 130 Å². The summed E-state index contributed by atoms with van der Waals surface area (Å²) in [7, 11) is 2.09. The lowest BCUT2D eigenvalue weighted by Gasteiger charge is -2.25. The number of hydrogen-bond donors (Lipinski definition) is 2. The van der Waals surface area contributed by atoms with Crippen molar-refractivity contribution in [2.24, 2.45) is 5.73 Å². The van der Waals surface area contributed by atoms with E-state index in [2.05, 4.69) is 24.9 Å². The van der Waals surface area contributed by atoms with Crippen LogP contribution in [0.15, 0.2) is 48.5 Å². The minimum Gasteiger partial charge on any atom is -0.384 e. The van der Waals surface area contributed by atoms with Gasteiger partial charge in [0.15, 0.2) is 0 Å². The predicted molar refractivity (Wildman–Crippen MR) is 88.8 cm³/mol. The molecule has 1 unspecified atom stereocenters. The molecule has 3 nitrogen and oxygen atoms in total. The van der Waals surface area contributed by atoms with E-state index in [4.69, 9.17) is 22.7 Å². The highest BCUT2D eigenvalue weighted by atomic mass is 35.5. The Balaban J connectivity index is 2.06. The van der Waals surface area contributed by atoms with Crippen molar-refractivity contribution < 1.29 is 0 Å². The van der Waals surface area contributed by atoms with Gasteiger partial charge in [-0.1, -0.05) is 48.0 Å². The monoisotopic (exact) mass is 301 g/mol. The number of nitrogen functional groups attached to an aromatic ring is 1. The molecular formula is C17H20ClN3. The number of benzene rings is 2. The number of halogens is 1. The summed E-state index contributed by atoms with van der Waals surface area (Å²) >= 11 is 6.05. The molecule has 0 aliphatic carbocycles. The van der Waals surface area contributed by atoms with Crippen molar-refractivity contribution in [1.29, 1.82) is 5.41 Å². The second kappa shape index (κ2) is 6.74. The third kappa shape index (κ3) is 4.06. The van der Waals surface area contributed by atoms with Crippen molar-refractivity contribution in [1.82, 2.24) is 4.90 Å². The van der Waals surface area contributed by atoms with E-state index in [9.17, 15) is 0 Å². The van der Waals surface area contributed by atoms with E-state index in [1.165, 1.54) is 11.1 Å². The number of rotatable bonds is 5. The molecule has 0 aromatic heterocycles. The molecule has 0 aliphatic rings. The van der Waals surface area contributed by atoms with Crippen molar-refractivity contribution in [2.75, 3.05) is 7.05 Å². The van der Waals surface area contributed by atoms with E-state index < -0.39 is 0 Å². The van der Waals surface area contributed by atoms with Crippen LogP contribution in [0.5, 0.6) is 0 Å². The van der Waals surface area contributed by atoms with Crippen LogP contribution in [0.4, 0.5) is 0 Å². The van der Waals surface area contributed by atoms with Gasteiger partial charge in [-0.25, -0.2) is 0 Å². The minimum atomic E-state index is 0.0993. The Bertz CT molecular complexity index is 622. The standard InChI is InChI=1S/C17H20ClN3/c1-12(15-4-3-5-16(18)10-15)21(2)11-13-6-8-14(9-7-13)17(19)20/h3-10,12H,11H2,1-2H3,(H3,19,20). The molecule has 4 heteroatoms. The fourth-order valence-corrected chi connectivity index (χ4v) is 2.43. The summed E-state index contributed by atoms with van der Waals surface area (Å²) in [4.78, 5) is 2.26. The first kappa shape index (κ1) is 15.5. The van der Waals surface area contributed by atoms with Gasteiger partial charge in [-0.15, -0.1) is 0 Å². The summed E-state index contributed by atoms with van der Waals surface area (Å²) in [6, 6.07) is 16.0. The van der Waals surface area contributed by atoms with Gasteiger partial charge in [0.2, 0.25) is 0 Å². The van der Waals surface area contributed by atoms with Crippen LogP contribution in [-0.4, -0.2) is 17.8 Å². The molecule has 0 radical (unpaired) electrons. The van der Waals surface area contributed by atoms with Crippen LogP contribution < -0.4 is 5.73 Å². The second-order valence-electron chi connectivity index (χ2n) is 5.26. The Kier molecular flexibility index (Phi) is 4.99. The smallest absolute Gasteiger partial charge is 0.122 e. The Morgan fingerprint density at radius 2 is 1.90 bits per heavy atom. The Hall–Kier alpha value is -1.84. The maximum Gasteiger partial charge on any atom is 0.122 e. The number of hydrogen-bond acceptors (Lipinski definition) is 2. The largest absolute Gasteiger partial charge is 0.384 e. The molecular weight excluding hydrogens is 282 g/mol. The summed E-state index contributed by atoms with van der Waals surface area (Å²) in [6.45, 7) is 2.99. The Morgan fingerprint density at radius 1 is 1.24 bits per heavy atom. The van der Waals surface area contributed by atoms with Crippen molar-refractivity contribution in [3.05, 3.63) is 70.2 Å². The van der Waals surface area contributed by atoms with Crippen LogP contribution in [0.3, 0.4) is 0 Å². The molecule has 0 saturated carbocycles. The summed E-state index contributed by atoms with van der Waals surface area (Å²) in [5.41, 5.74) is 8.61. The molecule has 0 bridgehead atoms. The molecule has 3 N–H and O–H groups in total. The van der Waals surface area contributed by atoms with Gasteiger partial charge in [0.05, 0.1) is 0 Å². The SMILES string of the molecule is CC(c1cccc(Cl)c1)N(C)Cc1ccc(C(=N)N)cc1. The van der Waals surface area contributed by atoms with E-state index in [1.54, 1.807) is 0 Å². The van der Waals surface area contributed by atoms with E-state index in [1.807, 2.05) is 42.5 Å². The molecule has 0 saturated heterocycles. The quantitative estimate of drug-likeness (QED) is 0.651. The molecule has 0 spiro atoms. The highest BCUT2D eigenvalue weighted by Crippen LogP contribution is 2.23. The van der Waals surface area contributed by atoms with Crippen molar-refractivity contribution >= 4 is 17.4 Å². The molecule has 2 aromatic carbocycles. The van der Waals surface area contributed by atoms with Crippen LogP contribution >= 0.6 is 11.6 Å². The molecule has 1 atom stereocenters. The highest BCUT2D eigenvalue weighted by Gasteiger charge is 2.12. The molecule has 2 rings (SSSR count). The first-order valence-electron chi connectivity index (χ1n) is 6.86. The molecule has 0 aliphatic heterocycles. The summed E-state index contributed by atoms with van der Waals surface area (Å²) < 4.78 is 0. The minimum absolute atomic E-state index is 0.0993. The van der Waals surface area contributed by atoms with Crippen molar-refractivity contribution in [3.63, 3.8) is 0 Å². The van der Waals surface area contributed by atoms with Gasteiger partial charge in [-0.3, -0.25) is 10.3 Å². The summed E-state index contributed by atoms with van der Waals surface area (Å²) in [5, 5.41) is 8.17.